The zero-order valence-corrected chi connectivity index (χ0v) is 20.4. The van der Waals surface area contributed by atoms with E-state index in [-0.39, 0.29) is 23.0 Å². The molecular formula is C24H33N3O5S. The van der Waals surface area contributed by atoms with Crippen molar-refractivity contribution in [3.63, 3.8) is 0 Å². The topological polar surface area (TPSA) is 88.2 Å². The van der Waals surface area contributed by atoms with Crippen LogP contribution in [-0.2, 0) is 26.0 Å². The third-order valence-electron chi connectivity index (χ3n) is 5.63. The highest BCUT2D eigenvalue weighted by molar-refractivity contribution is 7.89. The summed E-state index contributed by atoms with van der Waals surface area (Å²) >= 11 is 0. The van der Waals surface area contributed by atoms with Crippen molar-refractivity contribution < 1.29 is 22.7 Å². The number of likely N-dealkylation sites (N-methyl/N-ethyl adjacent to an activating group) is 1. The molecule has 8 nitrogen and oxygen atoms in total. The minimum atomic E-state index is -3.74. The van der Waals surface area contributed by atoms with Crippen molar-refractivity contribution in [3.05, 3.63) is 53.6 Å². The van der Waals surface area contributed by atoms with Crippen LogP contribution in [0.3, 0.4) is 0 Å². The number of nitrogens with zero attached hydrogens (tertiary/aromatic N) is 2. The Morgan fingerprint density at radius 2 is 1.94 bits per heavy atom. The maximum absolute atomic E-state index is 13.1. The largest absolute Gasteiger partial charge is 0.495 e. The molecule has 1 saturated heterocycles. The minimum absolute atomic E-state index is 0.0776. The molecule has 33 heavy (non-hydrogen) atoms. The van der Waals surface area contributed by atoms with E-state index in [1.54, 1.807) is 12.1 Å². The predicted molar refractivity (Wildman–Crippen MR) is 128 cm³/mol. The highest BCUT2D eigenvalue weighted by Gasteiger charge is 2.29. The van der Waals surface area contributed by atoms with Crippen LogP contribution in [-0.4, -0.2) is 71.7 Å². The van der Waals surface area contributed by atoms with E-state index in [0.29, 0.717) is 45.0 Å². The average Bonchev–Trinajstić information content (AvgIpc) is 2.82. The number of amides is 1. The fourth-order valence-corrected chi connectivity index (χ4v) is 5.45. The summed E-state index contributed by atoms with van der Waals surface area (Å²) in [5.74, 6) is 0.109. The Kier molecular flexibility index (Phi) is 8.71. The third kappa shape index (κ3) is 6.46. The Labute approximate surface area is 196 Å². The molecule has 1 aliphatic heterocycles. The summed E-state index contributed by atoms with van der Waals surface area (Å²) < 4.78 is 38.2. The van der Waals surface area contributed by atoms with E-state index < -0.39 is 10.0 Å². The number of methoxy groups -OCH3 is 1. The maximum Gasteiger partial charge on any atom is 0.246 e. The number of sulfonamides is 1. The van der Waals surface area contributed by atoms with Gasteiger partial charge in [0.2, 0.25) is 15.9 Å². The Bertz CT molecular complexity index is 1050. The number of ether oxygens (including phenoxy) is 2. The summed E-state index contributed by atoms with van der Waals surface area (Å²) in [4.78, 5) is 14.8. The van der Waals surface area contributed by atoms with Crippen LogP contribution >= 0.6 is 0 Å². The summed E-state index contributed by atoms with van der Waals surface area (Å²) in [6, 6.07) is 13.1. The molecule has 0 aromatic heterocycles. The van der Waals surface area contributed by atoms with E-state index in [0.717, 1.165) is 12.2 Å². The second-order valence-electron chi connectivity index (χ2n) is 7.95. The number of hydrogen-bond donors (Lipinski definition) is 1. The average molecular weight is 476 g/mol. The van der Waals surface area contributed by atoms with Crippen molar-refractivity contribution >= 4 is 21.6 Å². The summed E-state index contributed by atoms with van der Waals surface area (Å²) in [5, 5.41) is 2.94. The Morgan fingerprint density at radius 3 is 2.61 bits per heavy atom. The fourth-order valence-electron chi connectivity index (χ4n) is 3.83. The van der Waals surface area contributed by atoms with Gasteiger partial charge in [-0.15, -0.1) is 0 Å². The molecule has 1 N–H and O–H groups in total. The Morgan fingerprint density at radius 1 is 1.18 bits per heavy atom. The molecule has 0 spiro atoms. The Hall–Kier alpha value is -2.62. The monoisotopic (exact) mass is 475 g/mol. The first-order chi connectivity index (χ1) is 15.8. The number of rotatable bonds is 10. The van der Waals surface area contributed by atoms with Gasteiger partial charge in [0.1, 0.15) is 10.6 Å². The van der Waals surface area contributed by atoms with Gasteiger partial charge in [-0.1, -0.05) is 18.2 Å². The summed E-state index contributed by atoms with van der Waals surface area (Å²) in [5.41, 5.74) is 2.93. The fraction of sp³-hybridized carbons (Fsp3) is 0.458. The van der Waals surface area contributed by atoms with Crippen molar-refractivity contribution in [1.29, 1.82) is 0 Å². The normalized spacial score (nSPS) is 14.6. The molecule has 1 aliphatic rings. The van der Waals surface area contributed by atoms with E-state index in [1.165, 1.54) is 23.0 Å². The van der Waals surface area contributed by atoms with Gasteiger partial charge in [-0.3, -0.25) is 4.79 Å². The van der Waals surface area contributed by atoms with Crippen molar-refractivity contribution in [2.75, 3.05) is 57.9 Å². The second-order valence-corrected chi connectivity index (χ2v) is 9.85. The molecular weight excluding hydrogens is 442 g/mol. The van der Waals surface area contributed by atoms with Crippen LogP contribution < -0.4 is 15.0 Å². The number of nitrogens with one attached hydrogen (secondary N) is 1. The molecule has 1 amide bonds. The van der Waals surface area contributed by atoms with Gasteiger partial charge in [0.25, 0.3) is 0 Å². The van der Waals surface area contributed by atoms with Gasteiger partial charge < -0.3 is 19.7 Å². The van der Waals surface area contributed by atoms with Crippen LogP contribution in [0.5, 0.6) is 5.75 Å². The van der Waals surface area contributed by atoms with Crippen LogP contribution in [0.2, 0.25) is 0 Å². The minimum Gasteiger partial charge on any atom is -0.495 e. The lowest BCUT2D eigenvalue weighted by atomic mass is 10.1. The van der Waals surface area contributed by atoms with Gasteiger partial charge in [0.05, 0.1) is 26.7 Å². The molecule has 0 unspecified atom stereocenters. The van der Waals surface area contributed by atoms with Crippen LogP contribution in [0.15, 0.2) is 47.4 Å². The van der Waals surface area contributed by atoms with Gasteiger partial charge in [-0.05, 0) is 49.2 Å². The van der Waals surface area contributed by atoms with Gasteiger partial charge >= 0.3 is 0 Å². The standard InChI is InChI=1S/C24H33N3O5S/c1-4-26(21-7-5-6-19(2)16-21)11-10-25-24(28)18-20-8-9-22(31-3)23(17-20)33(29,30)27-12-14-32-15-13-27/h5-9,16-17H,4,10-15,18H2,1-3H3,(H,25,28). The number of benzene rings is 2. The molecule has 0 bridgehead atoms. The molecule has 2 aromatic rings. The van der Waals surface area contributed by atoms with Crippen molar-refractivity contribution in [2.24, 2.45) is 0 Å². The van der Waals surface area contributed by atoms with E-state index >= 15 is 0 Å². The Balaban J connectivity index is 1.63. The van der Waals surface area contributed by atoms with E-state index in [1.807, 2.05) is 6.07 Å². The first-order valence-electron chi connectivity index (χ1n) is 11.2. The van der Waals surface area contributed by atoms with Gasteiger partial charge in [-0.2, -0.15) is 4.31 Å². The van der Waals surface area contributed by atoms with Crippen molar-refractivity contribution in [2.45, 2.75) is 25.2 Å². The lowest BCUT2D eigenvalue weighted by molar-refractivity contribution is -0.120. The number of carbonyl (C=O) groups is 1. The van der Waals surface area contributed by atoms with E-state index in [4.69, 9.17) is 9.47 Å². The smallest absolute Gasteiger partial charge is 0.246 e. The van der Waals surface area contributed by atoms with Crippen LogP contribution in [0.4, 0.5) is 5.69 Å². The third-order valence-corrected chi connectivity index (χ3v) is 7.55. The van der Waals surface area contributed by atoms with E-state index in [9.17, 15) is 13.2 Å². The molecule has 1 heterocycles. The molecule has 0 atom stereocenters. The molecule has 3 rings (SSSR count). The summed E-state index contributed by atoms with van der Waals surface area (Å²) in [6.07, 6.45) is 0.0895. The zero-order valence-electron chi connectivity index (χ0n) is 19.5. The number of aryl methyl sites for hydroxylation is 1. The molecule has 2 aromatic carbocycles. The highest BCUT2D eigenvalue weighted by atomic mass is 32.2. The number of hydrogen-bond acceptors (Lipinski definition) is 6. The van der Waals surface area contributed by atoms with Gasteiger partial charge in [-0.25, -0.2) is 8.42 Å². The quantitative estimate of drug-likeness (QED) is 0.567. The lowest BCUT2D eigenvalue weighted by Crippen LogP contribution is -2.40. The molecule has 0 radical (unpaired) electrons. The lowest BCUT2D eigenvalue weighted by Gasteiger charge is -2.26. The van der Waals surface area contributed by atoms with Gasteiger partial charge in [0, 0.05) is 38.4 Å². The molecule has 0 aliphatic carbocycles. The maximum atomic E-state index is 13.1. The van der Waals surface area contributed by atoms with Crippen LogP contribution in [0.25, 0.3) is 0 Å². The summed E-state index contributed by atoms with van der Waals surface area (Å²) in [7, 11) is -2.30. The molecule has 0 saturated carbocycles. The van der Waals surface area contributed by atoms with Crippen LogP contribution in [0.1, 0.15) is 18.1 Å². The SMILES string of the molecule is CCN(CCNC(=O)Cc1ccc(OC)c(S(=O)(=O)N2CCOCC2)c1)c1cccc(C)c1. The first kappa shape index (κ1) is 25.0. The number of anilines is 1. The predicted octanol–water partition coefficient (Wildman–Crippen LogP) is 2.21. The molecule has 1 fully saturated rings. The molecule has 180 valence electrons. The molecule has 9 heteroatoms. The number of morpholine rings is 1. The zero-order chi connectivity index (χ0) is 23.8. The van der Waals surface area contributed by atoms with Gasteiger partial charge in [0.15, 0.2) is 0 Å². The second kappa shape index (κ2) is 11.5. The number of carbonyl (C=O) groups excluding carboxylic acids is 1. The summed E-state index contributed by atoms with van der Waals surface area (Å²) in [6.45, 7) is 7.47. The van der Waals surface area contributed by atoms with Crippen LogP contribution in [0, 0.1) is 6.92 Å². The van der Waals surface area contributed by atoms with Crippen molar-refractivity contribution in [3.8, 4) is 5.75 Å². The first-order valence-corrected chi connectivity index (χ1v) is 12.6. The highest BCUT2D eigenvalue weighted by Crippen LogP contribution is 2.28. The van der Waals surface area contributed by atoms with E-state index in [2.05, 4.69) is 42.3 Å². The van der Waals surface area contributed by atoms with Crippen molar-refractivity contribution in [1.82, 2.24) is 9.62 Å².